The van der Waals surface area contributed by atoms with E-state index in [0.29, 0.717) is 23.9 Å². The van der Waals surface area contributed by atoms with E-state index in [-0.39, 0.29) is 5.91 Å². The first-order chi connectivity index (χ1) is 12.3. The number of carbonyl (C=O) groups is 1. The molecule has 2 heterocycles. The molecule has 140 valence electrons. The molecular formula is C19H24ClN3O2S. The summed E-state index contributed by atoms with van der Waals surface area (Å²) in [6.45, 7) is 9.60. The molecule has 7 heteroatoms. The van der Waals surface area contributed by atoms with E-state index in [1.807, 2.05) is 25.7 Å². The number of benzene rings is 1. The zero-order chi connectivity index (χ0) is 18.7. The van der Waals surface area contributed by atoms with Crippen molar-refractivity contribution in [3.05, 3.63) is 45.4 Å². The van der Waals surface area contributed by atoms with E-state index in [4.69, 9.17) is 16.3 Å². The van der Waals surface area contributed by atoms with Crippen LogP contribution in [0.15, 0.2) is 29.6 Å². The lowest BCUT2D eigenvalue weighted by Crippen LogP contribution is -2.55. The number of thiazole rings is 1. The molecule has 1 amide bonds. The number of aryl methyl sites for hydroxylation is 1. The Morgan fingerprint density at radius 2 is 1.88 bits per heavy atom. The average Bonchev–Trinajstić information content (AvgIpc) is 3.02. The Balaban J connectivity index is 1.54. The van der Waals surface area contributed by atoms with Crippen molar-refractivity contribution in [1.29, 1.82) is 0 Å². The van der Waals surface area contributed by atoms with Gasteiger partial charge in [0.2, 0.25) is 0 Å². The highest BCUT2D eigenvalue weighted by atomic mass is 35.5. The Hall–Kier alpha value is -1.63. The molecule has 1 saturated heterocycles. The summed E-state index contributed by atoms with van der Waals surface area (Å²) in [4.78, 5) is 21.7. The lowest BCUT2D eigenvalue weighted by atomic mass is 10.1. The van der Waals surface area contributed by atoms with Crippen molar-refractivity contribution in [3.63, 3.8) is 0 Å². The van der Waals surface area contributed by atoms with Crippen LogP contribution < -0.4 is 4.74 Å². The Morgan fingerprint density at radius 3 is 2.46 bits per heavy atom. The molecule has 3 rings (SSSR count). The smallest absolute Gasteiger partial charge is 0.266 e. The molecule has 1 aromatic carbocycles. The quantitative estimate of drug-likeness (QED) is 0.778. The van der Waals surface area contributed by atoms with Gasteiger partial charge >= 0.3 is 0 Å². The van der Waals surface area contributed by atoms with Crippen LogP contribution in [0.3, 0.4) is 0 Å². The monoisotopic (exact) mass is 393 g/mol. The van der Waals surface area contributed by atoms with E-state index in [1.165, 1.54) is 0 Å². The molecule has 0 bridgehead atoms. The minimum Gasteiger partial charge on any atom is -0.478 e. The number of aromatic nitrogens is 1. The Morgan fingerprint density at radius 1 is 1.23 bits per heavy atom. The maximum atomic E-state index is 12.9. The highest BCUT2D eigenvalue weighted by molar-refractivity contribution is 7.09. The summed E-state index contributed by atoms with van der Waals surface area (Å²) >= 11 is 7.60. The van der Waals surface area contributed by atoms with Crippen molar-refractivity contribution < 1.29 is 9.53 Å². The van der Waals surface area contributed by atoms with Crippen molar-refractivity contribution in [2.75, 3.05) is 26.2 Å². The van der Waals surface area contributed by atoms with Crippen LogP contribution in [0.5, 0.6) is 5.75 Å². The molecule has 0 N–H and O–H groups in total. The molecule has 0 unspecified atom stereocenters. The van der Waals surface area contributed by atoms with Gasteiger partial charge in [-0.2, -0.15) is 0 Å². The predicted molar refractivity (Wildman–Crippen MR) is 105 cm³/mol. The summed E-state index contributed by atoms with van der Waals surface area (Å²) in [7, 11) is 0. The molecule has 1 aliphatic heterocycles. The van der Waals surface area contributed by atoms with E-state index in [1.54, 1.807) is 35.6 Å². The molecule has 0 saturated carbocycles. The average molecular weight is 394 g/mol. The van der Waals surface area contributed by atoms with Crippen molar-refractivity contribution >= 4 is 28.8 Å². The highest BCUT2D eigenvalue weighted by Crippen LogP contribution is 2.23. The molecule has 1 aromatic heterocycles. The third kappa shape index (κ3) is 4.75. The second-order valence-electron chi connectivity index (χ2n) is 7.02. The molecule has 2 aromatic rings. The molecule has 0 atom stereocenters. The normalized spacial score (nSPS) is 15.9. The van der Waals surface area contributed by atoms with Gasteiger partial charge in [-0.1, -0.05) is 11.6 Å². The van der Waals surface area contributed by atoms with Crippen molar-refractivity contribution in [2.24, 2.45) is 0 Å². The first kappa shape index (κ1) is 19.1. The third-order valence-corrected chi connectivity index (χ3v) is 5.59. The number of hydrogen-bond acceptors (Lipinski definition) is 5. The minimum atomic E-state index is -0.914. The number of carbonyl (C=O) groups excluding carboxylic acids is 1. The molecule has 0 radical (unpaired) electrons. The molecule has 1 aliphatic rings. The summed E-state index contributed by atoms with van der Waals surface area (Å²) in [5.74, 6) is 0.655. The van der Waals surface area contributed by atoms with Crippen LogP contribution in [0, 0.1) is 6.92 Å². The predicted octanol–water partition coefficient (Wildman–Crippen LogP) is 3.61. The number of hydrogen-bond donors (Lipinski definition) is 0. The summed E-state index contributed by atoms with van der Waals surface area (Å²) in [5.41, 5.74) is 0.155. The number of rotatable bonds is 5. The molecule has 1 fully saturated rings. The Labute approximate surface area is 163 Å². The van der Waals surface area contributed by atoms with E-state index in [0.717, 1.165) is 30.3 Å². The van der Waals surface area contributed by atoms with E-state index >= 15 is 0 Å². The van der Waals surface area contributed by atoms with Gasteiger partial charge in [-0.15, -0.1) is 11.3 Å². The van der Waals surface area contributed by atoms with E-state index in [9.17, 15) is 4.79 Å². The fourth-order valence-electron chi connectivity index (χ4n) is 3.00. The van der Waals surface area contributed by atoms with Crippen LogP contribution >= 0.6 is 22.9 Å². The van der Waals surface area contributed by atoms with Gasteiger partial charge in [-0.3, -0.25) is 9.69 Å². The highest BCUT2D eigenvalue weighted by Gasteiger charge is 2.35. The maximum absolute atomic E-state index is 12.9. The fourth-order valence-corrected chi connectivity index (χ4v) is 3.94. The van der Waals surface area contributed by atoms with E-state index in [2.05, 4.69) is 15.3 Å². The van der Waals surface area contributed by atoms with Gasteiger partial charge in [0, 0.05) is 42.3 Å². The summed E-state index contributed by atoms with van der Waals surface area (Å²) in [6, 6.07) is 7.09. The minimum absolute atomic E-state index is 0.0113. The topological polar surface area (TPSA) is 45.7 Å². The van der Waals surface area contributed by atoms with Gasteiger partial charge in [0.15, 0.2) is 5.60 Å². The lowest BCUT2D eigenvalue weighted by molar-refractivity contribution is -0.147. The second-order valence-corrected chi connectivity index (χ2v) is 8.40. The lowest BCUT2D eigenvalue weighted by Gasteiger charge is -2.38. The third-order valence-electron chi connectivity index (χ3n) is 4.39. The van der Waals surface area contributed by atoms with Gasteiger partial charge < -0.3 is 9.64 Å². The van der Waals surface area contributed by atoms with Gasteiger partial charge in [0.1, 0.15) is 10.8 Å². The van der Waals surface area contributed by atoms with Crippen LogP contribution in [-0.4, -0.2) is 52.5 Å². The van der Waals surface area contributed by atoms with Crippen LogP contribution in [-0.2, 0) is 11.3 Å². The molecule has 26 heavy (non-hydrogen) atoms. The van der Waals surface area contributed by atoms with Crippen LogP contribution in [0.25, 0.3) is 0 Å². The SMILES string of the molecule is Cc1csc(CN2CCN(C(=O)C(C)(C)Oc3ccc(Cl)cc3)CC2)n1. The van der Waals surface area contributed by atoms with Gasteiger partial charge in [-0.05, 0) is 45.0 Å². The number of nitrogens with zero attached hydrogens (tertiary/aromatic N) is 3. The van der Waals surface area contributed by atoms with Gasteiger partial charge in [0.05, 0.1) is 6.54 Å². The van der Waals surface area contributed by atoms with E-state index < -0.39 is 5.60 Å². The summed E-state index contributed by atoms with van der Waals surface area (Å²) in [6.07, 6.45) is 0. The number of halogens is 1. The van der Waals surface area contributed by atoms with Crippen molar-refractivity contribution in [3.8, 4) is 5.75 Å². The fraction of sp³-hybridized carbons (Fsp3) is 0.474. The summed E-state index contributed by atoms with van der Waals surface area (Å²) < 4.78 is 5.93. The summed E-state index contributed by atoms with van der Waals surface area (Å²) in [5, 5.41) is 3.85. The van der Waals surface area contributed by atoms with Crippen LogP contribution in [0.1, 0.15) is 24.5 Å². The van der Waals surface area contributed by atoms with Gasteiger partial charge in [-0.25, -0.2) is 4.98 Å². The van der Waals surface area contributed by atoms with Crippen molar-refractivity contribution in [2.45, 2.75) is 32.9 Å². The standard InChI is InChI=1S/C19H24ClN3O2S/c1-14-13-26-17(21-14)12-22-8-10-23(11-9-22)18(24)19(2,3)25-16-6-4-15(20)5-7-16/h4-7,13H,8-12H2,1-3H3. The zero-order valence-corrected chi connectivity index (χ0v) is 16.9. The maximum Gasteiger partial charge on any atom is 0.266 e. The van der Waals surface area contributed by atoms with Gasteiger partial charge in [0.25, 0.3) is 5.91 Å². The molecule has 0 aliphatic carbocycles. The number of piperazine rings is 1. The van der Waals surface area contributed by atoms with Crippen LogP contribution in [0.4, 0.5) is 0 Å². The Bertz CT molecular complexity index is 752. The largest absolute Gasteiger partial charge is 0.478 e. The zero-order valence-electron chi connectivity index (χ0n) is 15.4. The Kier molecular flexibility index (Phi) is 5.85. The molecular weight excluding hydrogens is 370 g/mol. The first-order valence-electron chi connectivity index (χ1n) is 8.71. The number of amides is 1. The van der Waals surface area contributed by atoms with Crippen LogP contribution in [0.2, 0.25) is 5.02 Å². The first-order valence-corrected chi connectivity index (χ1v) is 9.96. The second kappa shape index (κ2) is 7.94. The molecule has 0 spiro atoms. The number of ether oxygens (including phenoxy) is 1. The molecule has 5 nitrogen and oxygen atoms in total. The van der Waals surface area contributed by atoms with Crippen molar-refractivity contribution in [1.82, 2.24) is 14.8 Å².